The molecule has 3 atom stereocenters. The van der Waals surface area contributed by atoms with E-state index < -0.39 is 35.8 Å². The summed E-state index contributed by atoms with van der Waals surface area (Å²) in [5.74, 6) is -0.735. The summed E-state index contributed by atoms with van der Waals surface area (Å²) in [7, 11) is 0. The number of thioether (sulfide) groups is 1. The first-order valence-electron chi connectivity index (χ1n) is 8.87. The van der Waals surface area contributed by atoms with E-state index in [4.69, 9.17) is 11.5 Å². The van der Waals surface area contributed by atoms with Crippen molar-refractivity contribution in [1.29, 1.82) is 0 Å². The second-order valence-corrected chi connectivity index (χ2v) is 7.81. The van der Waals surface area contributed by atoms with Gasteiger partial charge in [-0.15, -0.1) is 0 Å². The predicted molar refractivity (Wildman–Crippen MR) is 106 cm³/mol. The molecule has 27 heavy (non-hydrogen) atoms. The lowest BCUT2D eigenvalue weighted by molar-refractivity contribution is -0.135. The molecule has 0 radical (unpaired) electrons. The number of hydrogen-bond donors (Lipinski definition) is 5. The molecule has 0 aliphatic carbocycles. The highest BCUT2D eigenvalue weighted by atomic mass is 32.2. The molecule has 0 aromatic carbocycles. The molecule has 7 N–H and O–H groups in total. The Morgan fingerprint density at radius 2 is 1.89 bits per heavy atom. The Morgan fingerprint density at radius 1 is 1.19 bits per heavy atom. The van der Waals surface area contributed by atoms with Crippen LogP contribution in [0.1, 0.15) is 32.4 Å². The van der Waals surface area contributed by atoms with Gasteiger partial charge in [-0.05, 0) is 30.8 Å². The van der Waals surface area contributed by atoms with Crippen molar-refractivity contribution in [2.24, 2.45) is 17.4 Å². The number of aromatic nitrogens is 2. The van der Waals surface area contributed by atoms with Crippen molar-refractivity contribution >= 4 is 29.5 Å². The first-order chi connectivity index (χ1) is 12.7. The van der Waals surface area contributed by atoms with Gasteiger partial charge in [-0.1, -0.05) is 13.8 Å². The molecule has 0 unspecified atom stereocenters. The third kappa shape index (κ3) is 8.55. The highest BCUT2D eigenvalue weighted by Crippen LogP contribution is 2.07. The highest BCUT2D eigenvalue weighted by molar-refractivity contribution is 7.98. The standard InChI is InChI=1S/C17H30N6O3S/c1-10(2)6-14(17(26)23-15(24)12(18)4-5-27-3)22-16(25)13(19)7-11-8-20-9-21-11/h8-10,12-14H,4-7,18-19H2,1-3H3,(H,20,21)(H,22,25)(H,23,24,26)/t12-,13-,14-/m0/s1. The molecule has 152 valence electrons. The first-order valence-corrected chi connectivity index (χ1v) is 10.3. The zero-order chi connectivity index (χ0) is 20.4. The zero-order valence-corrected chi connectivity index (χ0v) is 16.8. The lowest BCUT2D eigenvalue weighted by Gasteiger charge is -2.22. The van der Waals surface area contributed by atoms with Crippen LogP contribution in [-0.2, 0) is 20.8 Å². The second-order valence-electron chi connectivity index (χ2n) is 6.82. The molecule has 0 aliphatic heterocycles. The van der Waals surface area contributed by atoms with Gasteiger partial charge in [0.1, 0.15) is 6.04 Å². The van der Waals surface area contributed by atoms with Gasteiger partial charge in [0, 0.05) is 18.3 Å². The summed E-state index contributed by atoms with van der Waals surface area (Å²) in [5, 5.41) is 4.94. The molecule has 1 rings (SSSR count). The smallest absolute Gasteiger partial charge is 0.249 e. The van der Waals surface area contributed by atoms with Crippen molar-refractivity contribution < 1.29 is 14.4 Å². The van der Waals surface area contributed by atoms with E-state index in [1.54, 1.807) is 18.0 Å². The summed E-state index contributed by atoms with van der Waals surface area (Å²) in [6.45, 7) is 3.84. The number of nitrogens with zero attached hydrogens (tertiary/aromatic N) is 1. The van der Waals surface area contributed by atoms with Crippen LogP contribution < -0.4 is 22.1 Å². The number of aromatic amines is 1. The van der Waals surface area contributed by atoms with Crippen LogP contribution in [0.4, 0.5) is 0 Å². The Morgan fingerprint density at radius 3 is 2.44 bits per heavy atom. The van der Waals surface area contributed by atoms with Gasteiger partial charge in [0.05, 0.1) is 18.4 Å². The van der Waals surface area contributed by atoms with Gasteiger partial charge >= 0.3 is 0 Å². The van der Waals surface area contributed by atoms with Crippen molar-refractivity contribution in [3.63, 3.8) is 0 Å². The molecular formula is C17H30N6O3S. The van der Waals surface area contributed by atoms with Crippen LogP contribution in [-0.4, -0.2) is 57.8 Å². The minimum absolute atomic E-state index is 0.130. The van der Waals surface area contributed by atoms with Crippen LogP contribution in [0.3, 0.4) is 0 Å². The van der Waals surface area contributed by atoms with Gasteiger partial charge in [0.15, 0.2) is 0 Å². The third-order valence-electron chi connectivity index (χ3n) is 3.89. The normalized spacial score (nSPS) is 14.4. The number of rotatable bonds is 11. The van der Waals surface area contributed by atoms with Crippen molar-refractivity contribution in [3.8, 4) is 0 Å². The molecule has 1 aromatic rings. The Kier molecular flexibility index (Phi) is 10.0. The highest BCUT2D eigenvalue weighted by Gasteiger charge is 2.27. The number of amides is 3. The molecule has 0 aliphatic rings. The molecule has 0 spiro atoms. The summed E-state index contributed by atoms with van der Waals surface area (Å²) >= 11 is 1.57. The van der Waals surface area contributed by atoms with Gasteiger partial charge in [-0.3, -0.25) is 19.7 Å². The minimum atomic E-state index is -0.859. The molecule has 0 fully saturated rings. The number of nitrogens with two attached hydrogens (primary N) is 2. The van der Waals surface area contributed by atoms with E-state index in [1.165, 1.54) is 6.33 Å². The molecule has 1 aromatic heterocycles. The van der Waals surface area contributed by atoms with E-state index in [0.717, 1.165) is 11.4 Å². The third-order valence-corrected chi connectivity index (χ3v) is 4.53. The number of nitrogens with one attached hydrogen (secondary N) is 3. The number of imide groups is 1. The van der Waals surface area contributed by atoms with E-state index in [0.29, 0.717) is 12.8 Å². The van der Waals surface area contributed by atoms with E-state index in [2.05, 4.69) is 20.6 Å². The Balaban J connectivity index is 2.66. The van der Waals surface area contributed by atoms with Crippen LogP contribution >= 0.6 is 11.8 Å². The Hall–Kier alpha value is -1.91. The zero-order valence-electron chi connectivity index (χ0n) is 16.0. The summed E-state index contributed by atoms with van der Waals surface area (Å²) in [6.07, 6.45) is 6.11. The van der Waals surface area contributed by atoms with Gasteiger partial charge in [-0.2, -0.15) is 11.8 Å². The quantitative estimate of drug-likeness (QED) is 0.337. The molecule has 3 amide bonds. The number of carbonyl (C=O) groups is 3. The monoisotopic (exact) mass is 398 g/mol. The van der Waals surface area contributed by atoms with Crippen LogP contribution in [0.5, 0.6) is 0 Å². The fourth-order valence-electron chi connectivity index (χ4n) is 2.38. The summed E-state index contributed by atoms with van der Waals surface area (Å²) in [6, 6.07) is -2.46. The van der Waals surface area contributed by atoms with E-state index >= 15 is 0 Å². The van der Waals surface area contributed by atoms with Gasteiger partial charge < -0.3 is 21.8 Å². The molecule has 0 bridgehead atoms. The lowest BCUT2D eigenvalue weighted by Crippen LogP contribution is -2.55. The number of carbonyl (C=O) groups excluding carboxylic acids is 3. The maximum atomic E-state index is 12.5. The summed E-state index contributed by atoms with van der Waals surface area (Å²) in [5.41, 5.74) is 12.4. The Labute approximate surface area is 163 Å². The SMILES string of the molecule is CSCC[C@H](N)C(=O)NC(=O)[C@H](CC(C)C)NC(=O)[C@@H](N)Cc1cnc[nH]1. The van der Waals surface area contributed by atoms with Crippen LogP contribution in [0, 0.1) is 5.92 Å². The number of hydrogen-bond acceptors (Lipinski definition) is 7. The minimum Gasteiger partial charge on any atom is -0.348 e. The molecule has 1 heterocycles. The van der Waals surface area contributed by atoms with Crippen LogP contribution in [0.15, 0.2) is 12.5 Å². The summed E-state index contributed by atoms with van der Waals surface area (Å²) < 4.78 is 0. The topological polar surface area (TPSA) is 156 Å². The van der Waals surface area contributed by atoms with Gasteiger partial charge in [-0.25, -0.2) is 4.98 Å². The molecule has 10 heteroatoms. The second kappa shape index (κ2) is 11.7. The van der Waals surface area contributed by atoms with Gasteiger partial charge in [0.25, 0.3) is 0 Å². The van der Waals surface area contributed by atoms with Crippen molar-refractivity contribution in [1.82, 2.24) is 20.6 Å². The van der Waals surface area contributed by atoms with E-state index in [-0.39, 0.29) is 12.3 Å². The molecular weight excluding hydrogens is 368 g/mol. The fourth-order valence-corrected chi connectivity index (χ4v) is 2.87. The largest absolute Gasteiger partial charge is 0.348 e. The average molecular weight is 399 g/mol. The van der Waals surface area contributed by atoms with Crippen molar-refractivity contribution in [2.45, 2.75) is 51.2 Å². The fraction of sp³-hybridized carbons (Fsp3) is 0.647. The number of H-pyrrole nitrogens is 1. The Bertz CT molecular complexity index is 608. The lowest BCUT2D eigenvalue weighted by atomic mass is 10.0. The van der Waals surface area contributed by atoms with Gasteiger partial charge in [0.2, 0.25) is 17.7 Å². The molecule has 0 saturated carbocycles. The van der Waals surface area contributed by atoms with Crippen LogP contribution in [0.2, 0.25) is 0 Å². The van der Waals surface area contributed by atoms with E-state index in [1.807, 2.05) is 20.1 Å². The van der Waals surface area contributed by atoms with Crippen LogP contribution in [0.25, 0.3) is 0 Å². The van der Waals surface area contributed by atoms with E-state index in [9.17, 15) is 14.4 Å². The average Bonchev–Trinajstić information content (AvgIpc) is 3.11. The predicted octanol–water partition coefficient (Wildman–Crippen LogP) is -0.466. The first kappa shape index (κ1) is 23.1. The molecule has 9 nitrogen and oxygen atoms in total. The maximum absolute atomic E-state index is 12.5. The molecule has 0 saturated heterocycles. The van der Waals surface area contributed by atoms with Crippen molar-refractivity contribution in [3.05, 3.63) is 18.2 Å². The van der Waals surface area contributed by atoms with Crippen molar-refractivity contribution in [2.75, 3.05) is 12.0 Å². The number of imidazole rings is 1. The summed E-state index contributed by atoms with van der Waals surface area (Å²) in [4.78, 5) is 43.7. The maximum Gasteiger partial charge on any atom is 0.249 e.